The van der Waals surface area contributed by atoms with Gasteiger partial charge in [0.2, 0.25) is 0 Å². The van der Waals surface area contributed by atoms with Gasteiger partial charge in [0.15, 0.2) is 12.4 Å². The maximum absolute atomic E-state index is 13.0. The number of likely N-dealkylation sites (N-methyl/N-ethyl adjacent to an activating group) is 1. The SMILES string of the molecule is CCCCCCC/C=C\C/C=C\CCCCCCCCCCCCCCCCCCCCCC(=O)OC(COC(=O)CCCCCCCCCCCCCCCCCCCCCCCCCCCCCCCCCCC)COC(OCC[N+](C)(C)C)C(=O)[O-]. The molecule has 0 rings (SSSR count). The molecular weight excluding hydrogens is 1100 g/mol. The molecule has 0 aliphatic carbocycles. The van der Waals surface area contributed by atoms with Crippen molar-refractivity contribution < 1.29 is 42.9 Å². The second-order valence-corrected chi connectivity index (χ2v) is 28.4. The van der Waals surface area contributed by atoms with Gasteiger partial charge in [0.25, 0.3) is 0 Å². The average molecular weight is 1260 g/mol. The lowest BCUT2D eigenvalue weighted by atomic mass is 10.0. The highest BCUT2D eigenvalue weighted by atomic mass is 16.7. The molecule has 0 heterocycles. The normalized spacial score (nSPS) is 12.7. The third kappa shape index (κ3) is 73.1. The second-order valence-electron chi connectivity index (χ2n) is 28.4. The van der Waals surface area contributed by atoms with Crippen molar-refractivity contribution >= 4 is 17.9 Å². The molecule has 0 bridgehead atoms. The van der Waals surface area contributed by atoms with E-state index in [1.165, 1.54) is 340 Å². The van der Waals surface area contributed by atoms with E-state index in [4.69, 9.17) is 18.9 Å². The Balaban J connectivity index is 3.97. The van der Waals surface area contributed by atoms with Crippen LogP contribution < -0.4 is 5.11 Å². The minimum absolute atomic E-state index is 0.152. The van der Waals surface area contributed by atoms with Crippen LogP contribution >= 0.6 is 0 Å². The fraction of sp³-hybridized carbons (Fsp3) is 0.912. The lowest BCUT2D eigenvalue weighted by Gasteiger charge is -2.26. The van der Waals surface area contributed by atoms with Gasteiger partial charge in [-0.15, -0.1) is 0 Å². The predicted molar refractivity (Wildman–Crippen MR) is 380 cm³/mol. The zero-order valence-electron chi connectivity index (χ0n) is 60.3. The van der Waals surface area contributed by atoms with Crippen LogP contribution in [0.4, 0.5) is 0 Å². The van der Waals surface area contributed by atoms with Gasteiger partial charge in [-0.1, -0.05) is 378 Å². The van der Waals surface area contributed by atoms with Crippen molar-refractivity contribution in [3.63, 3.8) is 0 Å². The summed E-state index contributed by atoms with van der Waals surface area (Å²) in [5.74, 6) is -2.25. The standard InChI is InChI=1S/C80H153NO8/c1-6-8-10-12-14-16-18-20-22-24-26-28-30-32-34-36-38-39-41-42-44-46-48-50-52-54-56-58-60-62-64-66-68-70-77(82)87-74-76(75-88-80(79(84)85)86-73-72-81(3,4)5)89-78(83)71-69-67-65-63-61-59-57-55-53-51-49-47-45-43-40-37-35-33-31-29-27-25-23-21-19-17-15-13-11-9-7-2/h19,21,25,27,76,80H,6-18,20,22-24,26,28-75H2,1-5H3/b21-19-,27-25-. The molecule has 2 unspecified atom stereocenters. The van der Waals surface area contributed by atoms with E-state index in [0.29, 0.717) is 17.4 Å². The number of rotatable bonds is 75. The molecule has 0 amide bonds. The van der Waals surface area contributed by atoms with Crippen molar-refractivity contribution in [1.82, 2.24) is 0 Å². The van der Waals surface area contributed by atoms with Crippen LogP contribution in [0.3, 0.4) is 0 Å². The Labute approximate surface area is 554 Å². The number of nitrogens with zero attached hydrogens (tertiary/aromatic N) is 1. The Morgan fingerprint density at radius 1 is 0.337 bits per heavy atom. The van der Waals surface area contributed by atoms with Crippen molar-refractivity contribution in [2.24, 2.45) is 0 Å². The molecule has 9 heteroatoms. The minimum atomic E-state index is -1.62. The van der Waals surface area contributed by atoms with Gasteiger partial charge in [-0.2, -0.15) is 0 Å². The van der Waals surface area contributed by atoms with E-state index < -0.39 is 24.3 Å². The number of allylic oxidation sites excluding steroid dienone is 4. The molecule has 0 saturated heterocycles. The number of hydrogen-bond donors (Lipinski definition) is 0. The first kappa shape index (κ1) is 86.8. The van der Waals surface area contributed by atoms with Crippen LogP contribution in [-0.4, -0.2) is 82.3 Å². The average Bonchev–Trinajstić information content (AvgIpc) is 3.64. The number of ether oxygens (including phenoxy) is 4. The van der Waals surface area contributed by atoms with Gasteiger partial charge in [-0.3, -0.25) is 9.59 Å². The van der Waals surface area contributed by atoms with Crippen molar-refractivity contribution in [2.45, 2.75) is 424 Å². The van der Waals surface area contributed by atoms with Crippen molar-refractivity contribution in [3.05, 3.63) is 24.3 Å². The lowest BCUT2D eigenvalue weighted by Crippen LogP contribution is -2.44. The van der Waals surface area contributed by atoms with Crippen LogP contribution in [0.2, 0.25) is 0 Å². The number of unbranched alkanes of at least 4 members (excludes halogenated alkanes) is 56. The van der Waals surface area contributed by atoms with Crippen LogP contribution in [0.15, 0.2) is 24.3 Å². The number of carboxylic acid groups (broad SMARTS) is 1. The summed E-state index contributed by atoms with van der Waals surface area (Å²) < 4.78 is 22.9. The Hall–Kier alpha value is -2.23. The summed E-state index contributed by atoms with van der Waals surface area (Å²) in [5.41, 5.74) is 0. The molecule has 0 aromatic carbocycles. The fourth-order valence-corrected chi connectivity index (χ4v) is 12.2. The first-order valence-electron chi connectivity index (χ1n) is 39.5. The molecule has 526 valence electrons. The zero-order chi connectivity index (χ0) is 64.7. The quantitative estimate of drug-likeness (QED) is 0.0195. The van der Waals surface area contributed by atoms with E-state index >= 15 is 0 Å². The molecule has 89 heavy (non-hydrogen) atoms. The molecule has 0 radical (unpaired) electrons. The number of esters is 2. The number of hydrogen-bond acceptors (Lipinski definition) is 8. The smallest absolute Gasteiger partial charge is 0.306 e. The maximum atomic E-state index is 13.0. The third-order valence-corrected chi connectivity index (χ3v) is 18.2. The summed E-state index contributed by atoms with van der Waals surface area (Å²) in [5, 5.41) is 11.9. The Morgan fingerprint density at radius 3 is 0.888 bits per heavy atom. The van der Waals surface area contributed by atoms with E-state index in [-0.39, 0.29) is 32.2 Å². The highest BCUT2D eigenvalue weighted by Crippen LogP contribution is 2.20. The van der Waals surface area contributed by atoms with E-state index in [1.54, 1.807) is 0 Å². The summed E-state index contributed by atoms with van der Waals surface area (Å²) in [6.45, 7) is 4.83. The summed E-state index contributed by atoms with van der Waals surface area (Å²) >= 11 is 0. The number of carbonyl (C=O) groups is 3. The molecule has 0 aromatic heterocycles. The Morgan fingerprint density at radius 2 is 0.607 bits per heavy atom. The summed E-state index contributed by atoms with van der Waals surface area (Å²) in [7, 11) is 5.95. The van der Waals surface area contributed by atoms with Crippen molar-refractivity contribution in [3.8, 4) is 0 Å². The molecule has 0 N–H and O–H groups in total. The van der Waals surface area contributed by atoms with Crippen LogP contribution in [0.1, 0.15) is 412 Å². The Kier molecular flexibility index (Phi) is 69.8. The van der Waals surface area contributed by atoms with Gasteiger partial charge in [0.05, 0.1) is 40.3 Å². The maximum Gasteiger partial charge on any atom is 0.306 e. The van der Waals surface area contributed by atoms with Gasteiger partial charge in [0, 0.05) is 12.8 Å². The number of aliphatic carboxylic acids is 1. The Bertz CT molecular complexity index is 1510. The van der Waals surface area contributed by atoms with Crippen molar-refractivity contribution in [2.75, 3.05) is 47.5 Å². The number of carboxylic acids is 1. The van der Waals surface area contributed by atoms with Gasteiger partial charge in [-0.05, 0) is 44.9 Å². The fourth-order valence-electron chi connectivity index (χ4n) is 12.2. The minimum Gasteiger partial charge on any atom is -0.545 e. The first-order chi connectivity index (χ1) is 43.6. The molecule has 0 saturated carbocycles. The van der Waals surface area contributed by atoms with Gasteiger partial charge in [0.1, 0.15) is 13.2 Å². The van der Waals surface area contributed by atoms with Gasteiger partial charge < -0.3 is 33.3 Å². The van der Waals surface area contributed by atoms with Gasteiger partial charge >= 0.3 is 11.9 Å². The number of carbonyl (C=O) groups excluding carboxylic acids is 3. The molecule has 0 fully saturated rings. The summed E-state index contributed by atoms with van der Waals surface area (Å²) in [4.78, 5) is 37.6. The third-order valence-electron chi connectivity index (χ3n) is 18.2. The molecule has 0 aliphatic heterocycles. The second kappa shape index (κ2) is 71.6. The molecule has 0 aliphatic rings. The van der Waals surface area contributed by atoms with Crippen LogP contribution in [-0.2, 0) is 33.3 Å². The number of quaternary nitrogens is 1. The zero-order valence-corrected chi connectivity index (χ0v) is 60.3. The molecular formula is C80H153NO8. The van der Waals surface area contributed by atoms with E-state index in [2.05, 4.69) is 38.2 Å². The monoisotopic (exact) mass is 1260 g/mol. The highest BCUT2D eigenvalue weighted by Gasteiger charge is 2.22. The highest BCUT2D eigenvalue weighted by molar-refractivity contribution is 5.70. The van der Waals surface area contributed by atoms with Crippen molar-refractivity contribution in [1.29, 1.82) is 0 Å². The van der Waals surface area contributed by atoms with Crippen LogP contribution in [0.25, 0.3) is 0 Å². The predicted octanol–water partition coefficient (Wildman–Crippen LogP) is 23.6. The lowest BCUT2D eigenvalue weighted by molar-refractivity contribution is -0.870. The molecule has 0 aromatic rings. The van der Waals surface area contributed by atoms with Crippen LogP contribution in [0.5, 0.6) is 0 Å². The molecule has 9 nitrogen and oxygen atoms in total. The topological polar surface area (TPSA) is 111 Å². The first-order valence-corrected chi connectivity index (χ1v) is 39.5. The summed E-state index contributed by atoms with van der Waals surface area (Å²) in [6, 6.07) is 0. The summed E-state index contributed by atoms with van der Waals surface area (Å²) in [6.07, 6.45) is 87.3. The van der Waals surface area contributed by atoms with Crippen LogP contribution in [0, 0.1) is 0 Å². The molecule has 2 atom stereocenters. The van der Waals surface area contributed by atoms with E-state index in [1.807, 2.05) is 21.1 Å². The van der Waals surface area contributed by atoms with E-state index in [9.17, 15) is 19.5 Å². The largest absolute Gasteiger partial charge is 0.545 e. The van der Waals surface area contributed by atoms with Gasteiger partial charge in [-0.25, -0.2) is 0 Å². The van der Waals surface area contributed by atoms with E-state index in [0.717, 1.165) is 44.9 Å². The molecule has 0 spiro atoms.